The lowest BCUT2D eigenvalue weighted by molar-refractivity contribution is -0.141. The van der Waals surface area contributed by atoms with E-state index in [4.69, 9.17) is 11.6 Å². The molecule has 0 aliphatic carbocycles. The van der Waals surface area contributed by atoms with E-state index in [0.29, 0.717) is 17.8 Å². The molecule has 13 nitrogen and oxygen atoms in total. The summed E-state index contributed by atoms with van der Waals surface area (Å²) in [5.41, 5.74) is -2.75. The molecule has 0 atom stereocenters. The predicted molar refractivity (Wildman–Crippen MR) is 154 cm³/mol. The van der Waals surface area contributed by atoms with E-state index >= 15 is 0 Å². The summed E-state index contributed by atoms with van der Waals surface area (Å²) in [7, 11) is 1.29. The molecule has 248 valence electrons. The van der Waals surface area contributed by atoms with E-state index in [1.165, 1.54) is 30.1 Å². The highest BCUT2D eigenvalue weighted by Gasteiger charge is 2.39. The number of carbonyl (C=O) groups is 3. The molecule has 0 radical (unpaired) electrons. The summed E-state index contributed by atoms with van der Waals surface area (Å²) in [5.74, 6) is -1.49. The molecule has 4 N–H and O–H groups in total. The van der Waals surface area contributed by atoms with Crippen molar-refractivity contribution in [1.29, 1.82) is 0 Å². The second-order valence-electron chi connectivity index (χ2n) is 10.9. The molecule has 0 bridgehead atoms. The maximum Gasteiger partial charge on any atom is 0.435 e. The van der Waals surface area contributed by atoms with Gasteiger partial charge in [0.05, 0.1) is 34.6 Å². The van der Waals surface area contributed by atoms with E-state index in [0.717, 1.165) is 17.0 Å². The number of hydrogen-bond donors (Lipinski definition) is 4. The van der Waals surface area contributed by atoms with Crippen LogP contribution in [0.15, 0.2) is 30.6 Å². The van der Waals surface area contributed by atoms with Crippen molar-refractivity contribution in [1.82, 2.24) is 39.8 Å². The van der Waals surface area contributed by atoms with Gasteiger partial charge in [0, 0.05) is 58.2 Å². The summed E-state index contributed by atoms with van der Waals surface area (Å²) in [6.45, 7) is 0.880. The Labute approximate surface area is 263 Å². The Bertz CT molecular complexity index is 1630. The molecular weight excluding hydrogens is 645 g/mol. The number of nitrogens with zero attached hydrogens (tertiary/aromatic N) is 6. The number of alkyl halides is 5. The maximum atomic E-state index is 13.6. The number of halogens is 6. The van der Waals surface area contributed by atoms with Gasteiger partial charge in [-0.1, -0.05) is 11.6 Å². The lowest BCUT2D eigenvalue weighted by Crippen LogP contribution is -2.65. The minimum atomic E-state index is -4.95. The number of β-amino-alcohol motifs (C(OH)–C–C–N with tert-alkyl or cyclic N) is 1. The summed E-state index contributed by atoms with van der Waals surface area (Å²) in [4.78, 5) is 45.6. The lowest BCUT2D eigenvalue weighted by atomic mass is 9.98. The molecular formula is C27H29ClF5N9O4. The Morgan fingerprint density at radius 1 is 1.13 bits per heavy atom. The van der Waals surface area contributed by atoms with Gasteiger partial charge in [0.2, 0.25) is 0 Å². The van der Waals surface area contributed by atoms with Crippen molar-refractivity contribution in [2.45, 2.75) is 24.7 Å². The van der Waals surface area contributed by atoms with Crippen LogP contribution >= 0.6 is 11.6 Å². The number of nitrogens with one attached hydrogen (secondary N) is 3. The quantitative estimate of drug-likeness (QED) is 0.268. The summed E-state index contributed by atoms with van der Waals surface area (Å²) < 4.78 is 67.9. The van der Waals surface area contributed by atoms with Gasteiger partial charge < -0.3 is 35.4 Å². The minimum absolute atomic E-state index is 0.0205. The molecule has 19 heteroatoms. The molecule has 46 heavy (non-hydrogen) atoms. The van der Waals surface area contributed by atoms with Gasteiger partial charge in [-0.25, -0.2) is 18.6 Å². The number of urea groups is 1. The zero-order valence-electron chi connectivity index (χ0n) is 24.2. The molecule has 0 spiro atoms. The van der Waals surface area contributed by atoms with E-state index in [-0.39, 0.29) is 72.5 Å². The summed E-state index contributed by atoms with van der Waals surface area (Å²) in [6, 6.07) is 3.81. The molecule has 4 amide bonds. The van der Waals surface area contributed by atoms with Crippen molar-refractivity contribution in [3.8, 4) is 11.3 Å². The molecule has 4 heterocycles. The highest BCUT2D eigenvalue weighted by atomic mass is 35.5. The SMILES string of the molecule is Cn1c(-c2cn(CC(F)F)nc2C(F)(F)F)cnc1C(=O)Nc1ccc(C(=O)N2CCN(C(=O)NCC3(O)CNC3)CC2)c(Cl)c1. The van der Waals surface area contributed by atoms with Crippen LogP contribution in [-0.4, -0.2) is 110 Å². The summed E-state index contributed by atoms with van der Waals surface area (Å²) in [5, 5.41) is 21.6. The fourth-order valence-electron chi connectivity index (χ4n) is 5.05. The molecule has 2 aliphatic rings. The normalized spacial score (nSPS) is 16.4. The third-order valence-electron chi connectivity index (χ3n) is 7.61. The third-order valence-corrected chi connectivity index (χ3v) is 7.92. The van der Waals surface area contributed by atoms with Crippen LogP contribution in [0.4, 0.5) is 32.4 Å². The van der Waals surface area contributed by atoms with Crippen molar-refractivity contribution in [3.05, 3.63) is 52.7 Å². The second kappa shape index (κ2) is 12.8. The zero-order chi connectivity index (χ0) is 33.4. The maximum absolute atomic E-state index is 13.6. The first kappa shape index (κ1) is 33.1. The van der Waals surface area contributed by atoms with Gasteiger partial charge in [-0.3, -0.25) is 14.3 Å². The Kier molecular flexibility index (Phi) is 9.23. The van der Waals surface area contributed by atoms with Gasteiger partial charge in [0.25, 0.3) is 18.2 Å². The van der Waals surface area contributed by atoms with Gasteiger partial charge >= 0.3 is 12.2 Å². The molecule has 3 aromatic rings. The highest BCUT2D eigenvalue weighted by molar-refractivity contribution is 6.34. The van der Waals surface area contributed by atoms with E-state index < -0.39 is 41.9 Å². The second-order valence-corrected chi connectivity index (χ2v) is 11.4. The molecule has 0 unspecified atom stereocenters. The largest absolute Gasteiger partial charge is 0.435 e. The first-order valence-corrected chi connectivity index (χ1v) is 14.3. The number of rotatable bonds is 8. The highest BCUT2D eigenvalue weighted by Crippen LogP contribution is 2.36. The van der Waals surface area contributed by atoms with E-state index in [1.54, 1.807) is 4.90 Å². The molecule has 2 saturated heterocycles. The van der Waals surface area contributed by atoms with Gasteiger partial charge in [0.15, 0.2) is 11.5 Å². The Morgan fingerprint density at radius 2 is 1.80 bits per heavy atom. The number of imidazole rings is 1. The van der Waals surface area contributed by atoms with Crippen LogP contribution in [0.5, 0.6) is 0 Å². The predicted octanol–water partition coefficient (Wildman–Crippen LogP) is 2.27. The Balaban J connectivity index is 1.21. The molecule has 1 aromatic carbocycles. The minimum Gasteiger partial charge on any atom is -0.385 e. The van der Waals surface area contributed by atoms with Gasteiger partial charge in [-0.15, -0.1) is 0 Å². The van der Waals surface area contributed by atoms with Crippen LogP contribution in [0.25, 0.3) is 11.3 Å². The number of carbonyl (C=O) groups excluding carboxylic acids is 3. The fourth-order valence-corrected chi connectivity index (χ4v) is 5.31. The smallest absolute Gasteiger partial charge is 0.385 e. The Hall–Kier alpha value is -4.29. The molecule has 2 aliphatic heterocycles. The number of aromatic nitrogens is 4. The number of anilines is 1. The Morgan fingerprint density at radius 3 is 2.39 bits per heavy atom. The van der Waals surface area contributed by atoms with Gasteiger partial charge in [-0.05, 0) is 18.2 Å². The number of hydrogen-bond acceptors (Lipinski definition) is 7. The standard InChI is InChI=1S/C27H29ClF5N9O4/c1-39-19(17-10-42(11-20(29)30)38-21(17)27(31,32)33)9-35-22(39)23(43)37-15-2-3-16(18(28)8-15)24(44)40-4-6-41(7-5-40)25(45)36-14-26(46)12-34-13-26/h2-3,8-10,20,34,46H,4-7,11-14H2,1H3,(H,36,45)(H,37,43). The van der Waals surface area contributed by atoms with E-state index in [2.05, 4.69) is 26.0 Å². The van der Waals surface area contributed by atoms with Crippen LogP contribution in [0, 0.1) is 0 Å². The molecule has 0 saturated carbocycles. The topological polar surface area (TPSA) is 150 Å². The van der Waals surface area contributed by atoms with Crippen LogP contribution in [0.2, 0.25) is 5.02 Å². The van der Waals surface area contributed by atoms with Crippen molar-refractivity contribution in [3.63, 3.8) is 0 Å². The number of aliphatic hydroxyl groups is 1. The first-order valence-electron chi connectivity index (χ1n) is 14.0. The van der Waals surface area contributed by atoms with Crippen molar-refractivity contribution >= 4 is 35.1 Å². The van der Waals surface area contributed by atoms with Crippen molar-refractivity contribution in [2.24, 2.45) is 7.05 Å². The summed E-state index contributed by atoms with van der Waals surface area (Å²) >= 11 is 6.38. The fraction of sp³-hybridized carbons (Fsp3) is 0.444. The lowest BCUT2D eigenvalue weighted by Gasteiger charge is -2.39. The van der Waals surface area contributed by atoms with Crippen LogP contribution in [0.1, 0.15) is 26.7 Å². The number of amides is 4. The van der Waals surface area contributed by atoms with E-state index in [9.17, 15) is 41.4 Å². The van der Waals surface area contributed by atoms with Gasteiger partial charge in [-0.2, -0.15) is 18.3 Å². The summed E-state index contributed by atoms with van der Waals surface area (Å²) in [6.07, 6.45) is -6.07. The molecule has 5 rings (SSSR count). The zero-order valence-corrected chi connectivity index (χ0v) is 25.0. The van der Waals surface area contributed by atoms with Crippen LogP contribution in [0.3, 0.4) is 0 Å². The van der Waals surface area contributed by atoms with E-state index in [1.807, 2.05) is 0 Å². The average Bonchev–Trinajstić information content (AvgIpc) is 3.57. The third kappa shape index (κ3) is 7.07. The first-order chi connectivity index (χ1) is 21.6. The van der Waals surface area contributed by atoms with Crippen LogP contribution < -0.4 is 16.0 Å². The number of piperazine rings is 1. The average molecular weight is 674 g/mol. The van der Waals surface area contributed by atoms with Gasteiger partial charge in [0.1, 0.15) is 12.1 Å². The van der Waals surface area contributed by atoms with Crippen LogP contribution in [-0.2, 0) is 19.8 Å². The number of benzene rings is 1. The van der Waals surface area contributed by atoms with Crippen molar-refractivity contribution < 1.29 is 41.4 Å². The molecule has 2 aromatic heterocycles. The van der Waals surface area contributed by atoms with Crippen molar-refractivity contribution in [2.75, 3.05) is 51.1 Å². The molecule has 2 fully saturated rings. The monoisotopic (exact) mass is 673 g/mol.